The Hall–Kier alpha value is -2.77. The number of benzene rings is 1. The number of aromatic hydroxyl groups is 1. The van der Waals surface area contributed by atoms with E-state index in [4.69, 9.17) is 0 Å². The molecule has 2 heterocycles. The van der Waals surface area contributed by atoms with E-state index in [1.54, 1.807) is 6.07 Å². The van der Waals surface area contributed by atoms with Crippen LogP contribution in [0.15, 0.2) is 47.7 Å². The van der Waals surface area contributed by atoms with E-state index in [1.807, 2.05) is 43.5 Å². The Morgan fingerprint density at radius 3 is 2.68 bits per heavy atom. The van der Waals surface area contributed by atoms with Crippen molar-refractivity contribution >= 4 is 12.1 Å². The lowest BCUT2D eigenvalue weighted by atomic mass is 10.1. The van der Waals surface area contributed by atoms with E-state index < -0.39 is 0 Å². The van der Waals surface area contributed by atoms with Crippen molar-refractivity contribution in [1.29, 1.82) is 0 Å². The fourth-order valence-electron chi connectivity index (χ4n) is 3.24. The number of phenols is 1. The van der Waals surface area contributed by atoms with Gasteiger partial charge in [-0.3, -0.25) is 19.6 Å². The molecule has 0 bridgehead atoms. The summed E-state index contributed by atoms with van der Waals surface area (Å²) in [6.45, 7) is 6.62. The number of para-hydroxylation sites is 1. The summed E-state index contributed by atoms with van der Waals surface area (Å²) in [6.07, 6.45) is 4.04. The summed E-state index contributed by atoms with van der Waals surface area (Å²) in [7, 11) is 0. The lowest BCUT2D eigenvalue weighted by molar-refractivity contribution is -0.122. The molecule has 1 aromatic heterocycles. The van der Waals surface area contributed by atoms with E-state index in [-0.39, 0.29) is 11.7 Å². The minimum absolute atomic E-state index is 0.152. The fraction of sp³-hybridized carbons (Fsp3) is 0.381. The van der Waals surface area contributed by atoms with Crippen LogP contribution in [0.5, 0.6) is 5.75 Å². The minimum Gasteiger partial charge on any atom is -0.507 e. The van der Waals surface area contributed by atoms with Gasteiger partial charge in [0.25, 0.3) is 5.91 Å². The van der Waals surface area contributed by atoms with Gasteiger partial charge in [-0.25, -0.2) is 5.43 Å². The molecule has 1 aliphatic rings. The van der Waals surface area contributed by atoms with Gasteiger partial charge in [-0.05, 0) is 30.2 Å². The van der Waals surface area contributed by atoms with Crippen LogP contribution in [-0.2, 0) is 17.8 Å². The number of nitrogens with zero attached hydrogens (tertiary/aromatic N) is 4. The average Bonchev–Trinajstić information content (AvgIpc) is 2.71. The van der Waals surface area contributed by atoms with Crippen LogP contribution in [0, 0.1) is 0 Å². The number of aryl methyl sites for hydroxylation is 1. The van der Waals surface area contributed by atoms with E-state index in [0.29, 0.717) is 12.1 Å². The monoisotopic (exact) mass is 381 g/mol. The van der Waals surface area contributed by atoms with Crippen molar-refractivity contribution in [3.05, 3.63) is 59.4 Å². The topological polar surface area (TPSA) is 81.1 Å². The van der Waals surface area contributed by atoms with Gasteiger partial charge in [0.1, 0.15) is 5.75 Å². The number of amides is 1. The van der Waals surface area contributed by atoms with E-state index in [2.05, 4.69) is 25.3 Å². The largest absolute Gasteiger partial charge is 0.507 e. The second kappa shape index (κ2) is 9.96. The van der Waals surface area contributed by atoms with Gasteiger partial charge < -0.3 is 5.11 Å². The first-order valence-electron chi connectivity index (χ1n) is 9.63. The Bertz CT molecular complexity index is 802. The predicted octanol–water partition coefficient (Wildman–Crippen LogP) is 1.62. The molecule has 2 aromatic rings. The number of nitrogens with one attached hydrogen (secondary N) is 1. The van der Waals surface area contributed by atoms with Gasteiger partial charge in [-0.1, -0.05) is 25.1 Å². The van der Waals surface area contributed by atoms with Crippen molar-refractivity contribution in [2.24, 2.45) is 5.10 Å². The molecule has 1 aliphatic heterocycles. The Labute approximate surface area is 165 Å². The highest BCUT2D eigenvalue weighted by Gasteiger charge is 2.19. The molecule has 28 heavy (non-hydrogen) atoms. The Morgan fingerprint density at radius 1 is 1.18 bits per heavy atom. The third-order valence-corrected chi connectivity index (χ3v) is 4.87. The van der Waals surface area contributed by atoms with E-state index in [0.717, 1.165) is 50.4 Å². The Balaban J connectivity index is 1.41. The summed E-state index contributed by atoms with van der Waals surface area (Å²) < 4.78 is 0. The number of hydrogen-bond donors (Lipinski definition) is 2. The number of hydrogen-bond acceptors (Lipinski definition) is 6. The van der Waals surface area contributed by atoms with Gasteiger partial charge >= 0.3 is 0 Å². The van der Waals surface area contributed by atoms with Crippen LogP contribution in [0.3, 0.4) is 0 Å². The normalized spacial score (nSPS) is 15.8. The first-order valence-corrected chi connectivity index (χ1v) is 9.63. The number of rotatable bonds is 7. The predicted molar refractivity (Wildman–Crippen MR) is 109 cm³/mol. The summed E-state index contributed by atoms with van der Waals surface area (Å²) >= 11 is 0. The summed E-state index contributed by atoms with van der Waals surface area (Å²) in [4.78, 5) is 21.0. The van der Waals surface area contributed by atoms with Gasteiger partial charge in [0.2, 0.25) is 0 Å². The summed E-state index contributed by atoms with van der Waals surface area (Å²) in [6, 6.07) is 11.5. The molecule has 2 N–H and O–H groups in total. The van der Waals surface area contributed by atoms with Crippen LogP contribution < -0.4 is 5.43 Å². The van der Waals surface area contributed by atoms with Crippen molar-refractivity contribution < 1.29 is 9.90 Å². The van der Waals surface area contributed by atoms with E-state index >= 15 is 0 Å². The Morgan fingerprint density at radius 2 is 1.96 bits per heavy atom. The highest BCUT2D eigenvalue weighted by Crippen LogP contribution is 2.21. The van der Waals surface area contributed by atoms with E-state index in [9.17, 15) is 9.90 Å². The summed E-state index contributed by atoms with van der Waals surface area (Å²) in [5.74, 6) is 0.0626. The molecule has 0 unspecified atom stereocenters. The van der Waals surface area contributed by atoms with Crippen LogP contribution in [-0.4, -0.2) is 64.7 Å². The molecule has 0 radical (unpaired) electrons. The van der Waals surface area contributed by atoms with Gasteiger partial charge in [0, 0.05) is 44.5 Å². The lowest BCUT2D eigenvalue weighted by Gasteiger charge is -2.33. The molecule has 0 spiro atoms. The average molecular weight is 381 g/mol. The molecule has 3 rings (SSSR count). The molecule has 7 nitrogen and oxygen atoms in total. The van der Waals surface area contributed by atoms with Crippen LogP contribution in [0.1, 0.15) is 23.7 Å². The van der Waals surface area contributed by atoms with Crippen molar-refractivity contribution in [1.82, 2.24) is 20.2 Å². The molecule has 148 valence electrons. The minimum atomic E-state index is -0.152. The zero-order valence-electron chi connectivity index (χ0n) is 16.2. The first kappa shape index (κ1) is 20.0. The molecule has 0 atom stereocenters. The molecular formula is C21H27N5O2. The molecule has 1 amide bonds. The highest BCUT2D eigenvalue weighted by molar-refractivity contribution is 5.86. The number of aromatic nitrogens is 1. The quantitative estimate of drug-likeness (QED) is 0.563. The van der Waals surface area contributed by atoms with Crippen LogP contribution in [0.2, 0.25) is 0 Å². The van der Waals surface area contributed by atoms with Crippen molar-refractivity contribution in [3.8, 4) is 5.75 Å². The zero-order chi connectivity index (χ0) is 19.8. The maximum absolute atomic E-state index is 12.1. The Kier molecular flexibility index (Phi) is 7.11. The molecule has 0 aliphatic carbocycles. The summed E-state index contributed by atoms with van der Waals surface area (Å²) in [5.41, 5.74) is 5.08. The second-order valence-electron chi connectivity index (χ2n) is 6.88. The van der Waals surface area contributed by atoms with E-state index in [1.165, 1.54) is 6.21 Å². The number of carbonyl (C=O) groups excluding carboxylic acids is 1. The molecule has 7 heteroatoms. The molecule has 1 saturated heterocycles. The molecule has 1 fully saturated rings. The number of pyridine rings is 1. The highest BCUT2D eigenvalue weighted by atomic mass is 16.3. The zero-order valence-corrected chi connectivity index (χ0v) is 16.2. The van der Waals surface area contributed by atoms with Crippen LogP contribution in [0.25, 0.3) is 0 Å². The summed E-state index contributed by atoms with van der Waals surface area (Å²) in [5, 5.41) is 14.1. The molecular weight excluding hydrogens is 354 g/mol. The van der Waals surface area contributed by atoms with Crippen molar-refractivity contribution in [2.45, 2.75) is 19.9 Å². The SMILES string of the molecule is CCc1cccc(/C=N/NC(=O)CN2CCN(Cc3ccccn3)CC2)c1O. The lowest BCUT2D eigenvalue weighted by Crippen LogP contribution is -2.48. The smallest absolute Gasteiger partial charge is 0.254 e. The van der Waals surface area contributed by atoms with Gasteiger partial charge in [0.05, 0.1) is 18.5 Å². The standard InChI is InChI=1S/C21H27N5O2/c1-2-17-6-5-7-18(21(17)28)14-23-24-20(27)16-26-12-10-25(11-13-26)15-19-8-3-4-9-22-19/h3-9,14,28H,2,10-13,15-16H2,1H3,(H,24,27)/b23-14+. The van der Waals surface area contributed by atoms with Crippen LogP contribution in [0.4, 0.5) is 0 Å². The third kappa shape index (κ3) is 5.61. The number of phenolic OH excluding ortho intramolecular Hbond substituents is 1. The maximum Gasteiger partial charge on any atom is 0.254 e. The number of hydrazone groups is 1. The van der Waals surface area contributed by atoms with Gasteiger partial charge in [-0.2, -0.15) is 5.10 Å². The maximum atomic E-state index is 12.1. The number of carbonyl (C=O) groups is 1. The van der Waals surface area contributed by atoms with Gasteiger partial charge in [0.15, 0.2) is 0 Å². The van der Waals surface area contributed by atoms with Crippen molar-refractivity contribution in [3.63, 3.8) is 0 Å². The molecule has 0 saturated carbocycles. The van der Waals surface area contributed by atoms with Crippen molar-refractivity contribution in [2.75, 3.05) is 32.7 Å². The number of piperazine rings is 1. The fourth-order valence-corrected chi connectivity index (χ4v) is 3.24. The second-order valence-corrected chi connectivity index (χ2v) is 6.88. The molecule has 1 aromatic carbocycles. The first-order chi connectivity index (χ1) is 13.7. The third-order valence-electron chi connectivity index (χ3n) is 4.87. The van der Waals surface area contributed by atoms with Crippen LogP contribution >= 0.6 is 0 Å². The van der Waals surface area contributed by atoms with Gasteiger partial charge in [-0.15, -0.1) is 0 Å².